The van der Waals surface area contributed by atoms with Crippen molar-refractivity contribution >= 4 is 44.9 Å². The van der Waals surface area contributed by atoms with E-state index in [0.717, 1.165) is 18.8 Å². The molecule has 1 aromatic carbocycles. The van der Waals surface area contributed by atoms with Crippen LogP contribution in [0.4, 0.5) is 22.4 Å². The highest BCUT2D eigenvalue weighted by molar-refractivity contribution is 7.91. The lowest BCUT2D eigenvalue weighted by Crippen LogP contribution is -2.59. The molecular formula is C41H66F4N6O9S. The van der Waals surface area contributed by atoms with E-state index in [0.29, 0.717) is 55.3 Å². The number of carbonyl (C=O) groups is 4. The molecule has 0 unspecified atom stereocenters. The summed E-state index contributed by atoms with van der Waals surface area (Å²) in [7, 11) is -2.62. The average Bonchev–Trinajstić information content (AvgIpc) is 4.15. The summed E-state index contributed by atoms with van der Waals surface area (Å²) in [6.07, 6.45) is -0.417. The number of H-pyrrole nitrogens is 1. The predicted octanol–water partition coefficient (Wildman–Crippen LogP) is 6.64. The van der Waals surface area contributed by atoms with E-state index in [1.165, 1.54) is 18.9 Å². The van der Waals surface area contributed by atoms with Crippen LogP contribution in [0.25, 0.3) is 11.0 Å². The number of nitrogens with one attached hydrogen (secondary N) is 4. The van der Waals surface area contributed by atoms with Gasteiger partial charge in [0, 0.05) is 23.3 Å². The first kappa shape index (κ1) is 49.2. The Morgan fingerprint density at radius 2 is 1.72 bits per heavy atom. The molecule has 0 bridgehead atoms. The van der Waals surface area contributed by atoms with Crippen molar-refractivity contribution in [1.29, 1.82) is 0 Å². The number of benzene rings is 1. The van der Waals surface area contributed by atoms with Gasteiger partial charge in [0.05, 0.1) is 28.8 Å². The van der Waals surface area contributed by atoms with Gasteiger partial charge in [0.1, 0.15) is 29.5 Å². The van der Waals surface area contributed by atoms with Crippen molar-refractivity contribution in [2.45, 2.75) is 147 Å². The number of amides is 4. The van der Waals surface area contributed by atoms with Gasteiger partial charge < -0.3 is 30.0 Å². The minimum atomic E-state index is -4.11. The molecule has 4 aliphatic rings. The van der Waals surface area contributed by atoms with E-state index in [9.17, 15) is 50.0 Å². The molecule has 1 saturated heterocycles. The number of alkyl carbamates (subject to hydrolysis) is 1. The Morgan fingerprint density at radius 3 is 2.25 bits per heavy atom. The number of unbranched alkanes of at least 4 members (excludes halogenated alkanes) is 1. The lowest BCUT2D eigenvalue weighted by Gasteiger charge is -2.29. The third-order valence-corrected chi connectivity index (χ3v) is 13.5. The number of nitrogens with zero attached hydrogens (tertiary/aromatic N) is 2. The molecule has 61 heavy (non-hydrogen) atoms. The highest BCUT2D eigenvalue weighted by Gasteiger charge is 2.67. The minimum Gasteiger partial charge on any atom is -0.497 e. The Labute approximate surface area is 358 Å². The van der Waals surface area contributed by atoms with Crippen LogP contribution < -0.4 is 25.7 Å². The van der Waals surface area contributed by atoms with Crippen molar-refractivity contribution in [3.8, 4) is 5.75 Å². The molecule has 1 aliphatic heterocycles. The van der Waals surface area contributed by atoms with E-state index in [4.69, 9.17) is 9.47 Å². The predicted molar refractivity (Wildman–Crippen MR) is 225 cm³/mol. The molecule has 4 amide bonds. The normalized spacial score (nSPS) is 23.2. The lowest BCUT2D eigenvalue weighted by molar-refractivity contribution is -0.140. The molecule has 20 heteroatoms. The van der Waals surface area contributed by atoms with Crippen molar-refractivity contribution in [1.82, 2.24) is 30.2 Å². The van der Waals surface area contributed by atoms with Gasteiger partial charge in [-0.2, -0.15) is 8.78 Å². The molecule has 2 heterocycles. The van der Waals surface area contributed by atoms with Crippen molar-refractivity contribution in [3.63, 3.8) is 0 Å². The second-order valence-corrected chi connectivity index (χ2v) is 19.7. The van der Waals surface area contributed by atoms with Crippen molar-refractivity contribution < 1.29 is 58.9 Å². The smallest absolute Gasteiger partial charge is 0.408 e. The number of aromatic nitrogens is 2. The van der Waals surface area contributed by atoms with Crippen LogP contribution in [0.5, 0.6) is 5.75 Å². The van der Waals surface area contributed by atoms with E-state index in [1.54, 1.807) is 25.1 Å². The molecule has 6 rings (SSSR count). The molecular weight excluding hydrogens is 829 g/mol. The number of methoxy groups -OCH3 is 1. The highest BCUT2D eigenvalue weighted by Crippen LogP contribution is 2.49. The topological polar surface area (TPSA) is 206 Å². The number of halogens is 4. The van der Waals surface area contributed by atoms with Crippen LogP contribution in [0, 0.1) is 17.8 Å². The first-order valence-corrected chi connectivity index (χ1v) is 22.3. The standard InChI is InChI=1S/C23H34F2N4O7S.C14H16F2N2O2.C4H10.3H2/c1-4-13-5-10-29(15(30)12-26-20(33)36-21(2)6-7-21)16(13)18(31)27-23(11-14(23)17(24)25)19(32)28-37(34,35)22(3)8-9-22;1-3-4-7-14(15,16)12-13(19)18-11-8-9(20-2)5-6-10(11)17-12;1-4(2)3;;;/h13-14,16-17H,4-12H2,1-3H3,(H,26,33)(H,27,31)(H,28,32);5-6,8H,3-4,7H2,1-2H3,(H,18,19);4H,1-3H3;3*1H/t13-,14+,16+,23-;;;;;/m1...../s1. The van der Waals surface area contributed by atoms with E-state index >= 15 is 0 Å². The Balaban J connectivity index is 0.000000643. The second kappa shape index (κ2) is 19.3. The maximum absolute atomic E-state index is 14.0. The number of likely N-dealkylation sites (tertiary alicyclic amines) is 1. The summed E-state index contributed by atoms with van der Waals surface area (Å²) in [6, 6.07) is 3.65. The minimum absolute atomic E-state index is 0. The third-order valence-electron chi connectivity index (χ3n) is 11.3. The number of rotatable bonds is 15. The highest BCUT2D eigenvalue weighted by atomic mass is 32.2. The van der Waals surface area contributed by atoms with Gasteiger partial charge in [-0.15, -0.1) is 0 Å². The van der Waals surface area contributed by atoms with Crippen molar-refractivity contribution in [3.05, 3.63) is 34.2 Å². The van der Waals surface area contributed by atoms with Crippen LogP contribution in [0.15, 0.2) is 23.0 Å². The number of carbonyl (C=O) groups excluding carboxylic acids is 4. The molecule has 3 saturated carbocycles. The van der Waals surface area contributed by atoms with Crippen molar-refractivity contribution in [2.24, 2.45) is 17.8 Å². The van der Waals surface area contributed by atoms with Gasteiger partial charge in [-0.05, 0) is 82.8 Å². The Morgan fingerprint density at radius 1 is 1.08 bits per heavy atom. The van der Waals surface area contributed by atoms with E-state index in [2.05, 4.69) is 41.4 Å². The number of ether oxygens (including phenoxy) is 2. The first-order chi connectivity index (χ1) is 28.4. The van der Waals surface area contributed by atoms with Gasteiger partial charge in [-0.1, -0.05) is 47.5 Å². The summed E-state index contributed by atoms with van der Waals surface area (Å²) in [4.78, 5) is 70.5. The van der Waals surface area contributed by atoms with Gasteiger partial charge in [-0.3, -0.25) is 23.9 Å². The van der Waals surface area contributed by atoms with Gasteiger partial charge in [0.2, 0.25) is 28.3 Å². The SMILES string of the molecule is CC(C)C.CCCCC(F)(F)c1nc2ccc(OC)cc2[nH]c1=O.CC[C@@H]1CCN(C(=O)CNC(=O)OC2(C)CC2)[C@@H]1C(=O)N[C@]1(C(=O)NS(=O)(=O)C2(C)CC2)C[C@H]1C(F)F.[HH].[HH].[HH]. The summed E-state index contributed by atoms with van der Waals surface area (Å²) in [6.45, 7) is 13.1. The zero-order valence-electron chi connectivity index (χ0n) is 36.1. The largest absolute Gasteiger partial charge is 0.497 e. The van der Waals surface area contributed by atoms with Gasteiger partial charge in [-0.25, -0.2) is 27.0 Å². The van der Waals surface area contributed by atoms with Gasteiger partial charge in [0.15, 0.2) is 5.69 Å². The van der Waals surface area contributed by atoms with Crippen LogP contribution >= 0.6 is 0 Å². The fourth-order valence-electron chi connectivity index (χ4n) is 6.79. The van der Waals surface area contributed by atoms with Crippen LogP contribution in [0.3, 0.4) is 0 Å². The molecule has 0 radical (unpaired) electrons. The molecule has 4 N–H and O–H groups in total. The van der Waals surface area contributed by atoms with Gasteiger partial charge >= 0.3 is 6.09 Å². The monoisotopic (exact) mass is 894 g/mol. The number of hydrogen-bond acceptors (Lipinski definition) is 10. The summed E-state index contributed by atoms with van der Waals surface area (Å²) in [5, 5.41) is 4.77. The average molecular weight is 895 g/mol. The molecule has 3 aliphatic carbocycles. The fourth-order valence-corrected chi connectivity index (χ4v) is 8.10. The zero-order chi connectivity index (χ0) is 45.7. The number of aromatic amines is 1. The third kappa shape index (κ3) is 12.1. The molecule has 4 fully saturated rings. The van der Waals surface area contributed by atoms with Crippen molar-refractivity contribution in [2.75, 3.05) is 20.2 Å². The molecule has 4 atom stereocenters. The fraction of sp³-hybridized carbons (Fsp3) is 0.707. The number of hydrogen-bond donors (Lipinski definition) is 4. The number of alkyl halides is 4. The second-order valence-electron chi connectivity index (χ2n) is 17.5. The summed E-state index contributed by atoms with van der Waals surface area (Å²) >= 11 is 0. The van der Waals surface area contributed by atoms with E-state index in [1.807, 2.05) is 18.6 Å². The number of sulfonamides is 1. The van der Waals surface area contributed by atoms with Crippen LogP contribution in [-0.4, -0.2) is 95.7 Å². The van der Waals surface area contributed by atoms with Crippen LogP contribution in [0.1, 0.15) is 123 Å². The van der Waals surface area contributed by atoms with Gasteiger partial charge in [0.25, 0.3) is 17.4 Å². The van der Waals surface area contributed by atoms with Crippen LogP contribution in [0.2, 0.25) is 0 Å². The Kier molecular flexibility index (Phi) is 15.5. The zero-order valence-corrected chi connectivity index (χ0v) is 36.9. The Bertz CT molecular complexity index is 2110. The maximum atomic E-state index is 14.0. The molecule has 348 valence electrons. The summed E-state index contributed by atoms with van der Waals surface area (Å²) in [5.74, 6) is -6.26. The number of fused-ring (bicyclic) bond motifs is 1. The quantitative estimate of drug-likeness (QED) is 0.140. The molecule has 0 spiro atoms. The first-order valence-electron chi connectivity index (χ1n) is 20.8. The van der Waals surface area contributed by atoms with E-state index in [-0.39, 0.29) is 23.2 Å². The van der Waals surface area contributed by atoms with E-state index < -0.39 is 98.3 Å². The summed E-state index contributed by atoms with van der Waals surface area (Å²) in [5.41, 5.74) is -3.49. The lowest BCUT2D eigenvalue weighted by atomic mass is 9.96. The summed E-state index contributed by atoms with van der Waals surface area (Å²) < 4.78 is 91.3. The molecule has 1 aromatic heterocycles. The molecule has 15 nitrogen and oxygen atoms in total. The molecule has 2 aromatic rings. The maximum Gasteiger partial charge on any atom is 0.408 e. The Hall–Kier alpha value is -4.49. The van der Waals surface area contributed by atoms with Crippen LogP contribution in [-0.2, 0) is 35.1 Å².